The fourth-order valence-electron chi connectivity index (χ4n) is 2.48. The van der Waals surface area contributed by atoms with E-state index in [1.54, 1.807) is 11.3 Å². The molecule has 2 aromatic rings. The van der Waals surface area contributed by atoms with Crippen LogP contribution in [0.5, 0.6) is 0 Å². The lowest BCUT2D eigenvalue weighted by atomic mass is 9.91. The van der Waals surface area contributed by atoms with E-state index in [1.165, 1.54) is 4.88 Å². The van der Waals surface area contributed by atoms with Crippen LogP contribution in [0.25, 0.3) is 10.6 Å². The Balaban J connectivity index is 1.98. The second kappa shape index (κ2) is 4.45. The summed E-state index contributed by atoms with van der Waals surface area (Å²) in [6.45, 7) is 3.77. The third-order valence-corrected chi connectivity index (χ3v) is 4.71. The Bertz CT molecular complexity index is 625. The molecule has 100 valence electrons. The molecule has 0 aliphatic heterocycles. The van der Waals surface area contributed by atoms with Crippen molar-refractivity contribution in [3.8, 4) is 10.6 Å². The van der Waals surface area contributed by atoms with Crippen molar-refractivity contribution in [1.29, 1.82) is 0 Å². The Morgan fingerprint density at radius 1 is 1.47 bits per heavy atom. The van der Waals surface area contributed by atoms with Gasteiger partial charge in [-0.15, -0.1) is 11.3 Å². The molecule has 0 aromatic carbocycles. The van der Waals surface area contributed by atoms with Crippen molar-refractivity contribution < 1.29 is 14.4 Å². The van der Waals surface area contributed by atoms with Crippen LogP contribution in [-0.2, 0) is 17.6 Å². The van der Waals surface area contributed by atoms with E-state index < -0.39 is 5.97 Å². The molecule has 2 aromatic heterocycles. The lowest BCUT2D eigenvalue weighted by Crippen LogP contribution is -2.21. The average molecular weight is 278 g/mol. The SMILES string of the molecule is Cc1noc(C)c1-c1nc2c(s1)CCC(C(=O)O)C2. The summed E-state index contributed by atoms with van der Waals surface area (Å²) in [5.41, 5.74) is 2.71. The normalized spacial score (nSPS) is 18.3. The topological polar surface area (TPSA) is 76.2 Å². The first-order valence-corrected chi connectivity index (χ1v) is 7.02. The molecule has 1 aliphatic carbocycles. The summed E-state index contributed by atoms with van der Waals surface area (Å²) in [5, 5.41) is 13.9. The molecule has 0 spiro atoms. The van der Waals surface area contributed by atoms with Crippen LogP contribution in [0, 0.1) is 19.8 Å². The number of hydrogen-bond acceptors (Lipinski definition) is 5. The monoisotopic (exact) mass is 278 g/mol. The fraction of sp³-hybridized carbons (Fsp3) is 0.462. The predicted molar refractivity (Wildman–Crippen MR) is 70.2 cm³/mol. The zero-order valence-corrected chi connectivity index (χ0v) is 11.6. The third-order valence-electron chi connectivity index (χ3n) is 3.53. The van der Waals surface area contributed by atoms with Crippen LogP contribution in [0.3, 0.4) is 0 Å². The van der Waals surface area contributed by atoms with Crippen molar-refractivity contribution in [2.75, 3.05) is 0 Å². The van der Waals surface area contributed by atoms with Gasteiger partial charge in [0.25, 0.3) is 0 Å². The summed E-state index contributed by atoms with van der Waals surface area (Å²) in [6, 6.07) is 0. The molecule has 1 aliphatic rings. The van der Waals surface area contributed by atoms with Crippen molar-refractivity contribution in [2.45, 2.75) is 33.1 Å². The summed E-state index contributed by atoms with van der Waals surface area (Å²) < 4.78 is 5.16. The van der Waals surface area contributed by atoms with Gasteiger partial charge in [0, 0.05) is 11.3 Å². The number of carboxylic acids is 1. The minimum absolute atomic E-state index is 0.299. The van der Waals surface area contributed by atoms with Crippen molar-refractivity contribution in [3.63, 3.8) is 0 Å². The van der Waals surface area contributed by atoms with Gasteiger partial charge in [-0.3, -0.25) is 4.79 Å². The van der Waals surface area contributed by atoms with E-state index in [9.17, 15) is 4.79 Å². The van der Waals surface area contributed by atoms with Crippen molar-refractivity contribution in [1.82, 2.24) is 10.1 Å². The van der Waals surface area contributed by atoms with Crippen LogP contribution in [0.1, 0.15) is 28.4 Å². The molecule has 1 unspecified atom stereocenters. The summed E-state index contributed by atoms with van der Waals surface area (Å²) >= 11 is 1.63. The van der Waals surface area contributed by atoms with Gasteiger partial charge in [-0.2, -0.15) is 0 Å². The minimum atomic E-state index is -0.725. The Morgan fingerprint density at radius 2 is 2.26 bits per heavy atom. The molecular weight excluding hydrogens is 264 g/mol. The highest BCUT2D eigenvalue weighted by Gasteiger charge is 2.28. The van der Waals surface area contributed by atoms with Gasteiger partial charge < -0.3 is 9.63 Å². The molecule has 6 heteroatoms. The third kappa shape index (κ3) is 2.06. The standard InChI is InChI=1S/C13H14N2O3S/c1-6-11(7(2)18-15-6)12-14-9-5-8(13(16)17)3-4-10(9)19-12/h8H,3-5H2,1-2H3,(H,16,17). The van der Waals surface area contributed by atoms with Crippen molar-refractivity contribution in [3.05, 3.63) is 22.0 Å². The van der Waals surface area contributed by atoms with Crippen LogP contribution >= 0.6 is 11.3 Å². The van der Waals surface area contributed by atoms with Gasteiger partial charge in [-0.1, -0.05) is 5.16 Å². The highest BCUT2D eigenvalue weighted by atomic mass is 32.1. The largest absolute Gasteiger partial charge is 0.481 e. The summed E-state index contributed by atoms with van der Waals surface area (Å²) in [6.07, 6.45) is 2.03. The lowest BCUT2D eigenvalue weighted by molar-refractivity contribution is -0.142. The Hall–Kier alpha value is -1.69. The molecule has 1 atom stereocenters. The number of carboxylic acid groups (broad SMARTS) is 1. The number of hydrogen-bond donors (Lipinski definition) is 1. The maximum Gasteiger partial charge on any atom is 0.306 e. The molecule has 0 saturated heterocycles. The highest BCUT2D eigenvalue weighted by molar-refractivity contribution is 7.15. The average Bonchev–Trinajstić information content (AvgIpc) is 2.91. The van der Waals surface area contributed by atoms with E-state index in [1.807, 2.05) is 13.8 Å². The second-order valence-corrected chi connectivity index (χ2v) is 5.95. The minimum Gasteiger partial charge on any atom is -0.481 e. The molecule has 3 rings (SSSR count). The van der Waals surface area contributed by atoms with Gasteiger partial charge in [0.05, 0.1) is 22.9 Å². The van der Waals surface area contributed by atoms with E-state index in [-0.39, 0.29) is 5.92 Å². The predicted octanol–water partition coefficient (Wildman–Crippen LogP) is 2.60. The summed E-state index contributed by atoms with van der Waals surface area (Å²) in [7, 11) is 0. The Morgan fingerprint density at radius 3 is 2.89 bits per heavy atom. The van der Waals surface area contributed by atoms with E-state index in [0.29, 0.717) is 12.8 Å². The van der Waals surface area contributed by atoms with Crippen LogP contribution in [0.4, 0.5) is 0 Å². The number of carbonyl (C=O) groups is 1. The van der Waals surface area contributed by atoms with Gasteiger partial charge in [-0.05, 0) is 26.7 Å². The number of fused-ring (bicyclic) bond motifs is 1. The number of aryl methyl sites for hydroxylation is 3. The molecule has 0 amide bonds. The van der Waals surface area contributed by atoms with E-state index in [0.717, 1.165) is 34.1 Å². The molecule has 1 N–H and O–H groups in total. The smallest absolute Gasteiger partial charge is 0.306 e. The first kappa shape index (κ1) is 12.3. The lowest BCUT2D eigenvalue weighted by Gasteiger charge is -2.16. The van der Waals surface area contributed by atoms with Crippen LogP contribution < -0.4 is 0 Å². The summed E-state index contributed by atoms with van der Waals surface area (Å²) in [5.74, 6) is -0.261. The number of nitrogens with zero attached hydrogens (tertiary/aromatic N) is 2. The zero-order chi connectivity index (χ0) is 13.6. The van der Waals surface area contributed by atoms with Crippen LogP contribution in [-0.4, -0.2) is 21.2 Å². The van der Waals surface area contributed by atoms with Gasteiger partial charge in [0.2, 0.25) is 0 Å². The number of aromatic nitrogens is 2. The van der Waals surface area contributed by atoms with Gasteiger partial charge in [0.15, 0.2) is 0 Å². The maximum atomic E-state index is 11.1. The first-order chi connectivity index (χ1) is 9.06. The molecule has 19 heavy (non-hydrogen) atoms. The van der Waals surface area contributed by atoms with Gasteiger partial charge in [-0.25, -0.2) is 4.98 Å². The van der Waals surface area contributed by atoms with Crippen LogP contribution in [0.15, 0.2) is 4.52 Å². The zero-order valence-electron chi connectivity index (χ0n) is 10.8. The summed E-state index contributed by atoms with van der Waals surface area (Å²) in [4.78, 5) is 16.9. The van der Waals surface area contributed by atoms with E-state index in [2.05, 4.69) is 10.1 Å². The van der Waals surface area contributed by atoms with Crippen LogP contribution in [0.2, 0.25) is 0 Å². The Kier molecular flexibility index (Phi) is 2.89. The molecule has 2 heterocycles. The molecule has 0 saturated carbocycles. The molecule has 0 fully saturated rings. The Labute approximate surface area is 114 Å². The molecule has 5 nitrogen and oxygen atoms in total. The molecule has 0 radical (unpaired) electrons. The van der Waals surface area contributed by atoms with Gasteiger partial charge in [0.1, 0.15) is 10.8 Å². The molecule has 0 bridgehead atoms. The quantitative estimate of drug-likeness (QED) is 0.913. The first-order valence-electron chi connectivity index (χ1n) is 6.21. The second-order valence-electron chi connectivity index (χ2n) is 4.87. The number of thiazole rings is 1. The highest BCUT2D eigenvalue weighted by Crippen LogP contribution is 2.36. The van der Waals surface area contributed by atoms with Crippen molar-refractivity contribution >= 4 is 17.3 Å². The number of rotatable bonds is 2. The number of aliphatic carboxylic acids is 1. The fourth-order valence-corrected chi connectivity index (χ4v) is 3.73. The molecular formula is C13H14N2O3S. The van der Waals surface area contributed by atoms with E-state index >= 15 is 0 Å². The van der Waals surface area contributed by atoms with E-state index in [4.69, 9.17) is 9.63 Å². The van der Waals surface area contributed by atoms with Gasteiger partial charge >= 0.3 is 5.97 Å². The van der Waals surface area contributed by atoms with Crippen molar-refractivity contribution in [2.24, 2.45) is 5.92 Å². The maximum absolute atomic E-state index is 11.1.